The summed E-state index contributed by atoms with van der Waals surface area (Å²) >= 11 is 0. The normalized spacial score (nSPS) is 20.4. The van der Waals surface area contributed by atoms with Gasteiger partial charge >= 0.3 is 5.97 Å². The van der Waals surface area contributed by atoms with Crippen molar-refractivity contribution in [1.82, 2.24) is 10.2 Å². The van der Waals surface area contributed by atoms with Gasteiger partial charge in [0.25, 0.3) is 0 Å². The number of hydrogen-bond acceptors (Lipinski definition) is 3. The van der Waals surface area contributed by atoms with Crippen LogP contribution in [0.5, 0.6) is 0 Å². The maximum absolute atomic E-state index is 11.3. The summed E-state index contributed by atoms with van der Waals surface area (Å²) in [4.78, 5) is 24.0. The molecule has 5 nitrogen and oxygen atoms in total. The van der Waals surface area contributed by atoms with Crippen LogP contribution < -0.4 is 5.32 Å². The average Bonchev–Trinajstić information content (AvgIpc) is 2.39. The second-order valence-corrected chi connectivity index (χ2v) is 4.40. The van der Waals surface area contributed by atoms with Gasteiger partial charge in [0.15, 0.2) is 0 Å². The van der Waals surface area contributed by atoms with Gasteiger partial charge in [0, 0.05) is 13.1 Å². The number of carbonyl (C=O) groups is 2. The molecule has 0 radical (unpaired) electrons. The third-order valence-corrected chi connectivity index (χ3v) is 3.01. The van der Waals surface area contributed by atoms with E-state index in [1.807, 2.05) is 42.5 Å². The second kappa shape index (κ2) is 6.15. The van der Waals surface area contributed by atoms with Crippen molar-refractivity contribution < 1.29 is 14.7 Å². The monoisotopic (exact) mass is 260 g/mol. The number of amides is 1. The number of carbonyl (C=O) groups excluding carboxylic acids is 1. The number of benzene rings is 1. The van der Waals surface area contributed by atoms with Crippen LogP contribution >= 0.6 is 0 Å². The highest BCUT2D eigenvalue weighted by Gasteiger charge is 2.30. The standard InChI is InChI=1S/C14H16N2O3/c17-13-10-16(12(9-15-13)14(18)19)8-4-7-11-5-2-1-3-6-11/h1-7,12H,8-10H2,(H,15,17)(H,18,19)/b7-4+. The fraction of sp³-hybridized carbons (Fsp3) is 0.286. The molecule has 1 amide bonds. The van der Waals surface area contributed by atoms with Crippen LogP contribution in [0.4, 0.5) is 0 Å². The second-order valence-electron chi connectivity index (χ2n) is 4.40. The Morgan fingerprint density at radius 2 is 2.16 bits per heavy atom. The summed E-state index contributed by atoms with van der Waals surface area (Å²) in [5.41, 5.74) is 1.05. The number of aliphatic carboxylic acids is 1. The molecule has 1 aromatic carbocycles. The van der Waals surface area contributed by atoms with Crippen molar-refractivity contribution >= 4 is 18.0 Å². The van der Waals surface area contributed by atoms with Crippen LogP contribution in [0.15, 0.2) is 36.4 Å². The van der Waals surface area contributed by atoms with Crippen molar-refractivity contribution in [2.75, 3.05) is 19.6 Å². The van der Waals surface area contributed by atoms with Gasteiger partial charge in [-0.15, -0.1) is 0 Å². The van der Waals surface area contributed by atoms with Gasteiger partial charge in [-0.25, -0.2) is 0 Å². The average molecular weight is 260 g/mol. The van der Waals surface area contributed by atoms with Crippen molar-refractivity contribution in [3.63, 3.8) is 0 Å². The van der Waals surface area contributed by atoms with E-state index >= 15 is 0 Å². The fourth-order valence-electron chi connectivity index (χ4n) is 2.01. The summed E-state index contributed by atoms with van der Waals surface area (Å²) in [5.74, 6) is -1.04. The van der Waals surface area contributed by atoms with Gasteiger partial charge in [0.05, 0.1) is 6.54 Å². The van der Waals surface area contributed by atoms with E-state index in [-0.39, 0.29) is 19.0 Å². The Bertz CT molecular complexity index is 485. The van der Waals surface area contributed by atoms with Crippen LogP contribution in [0.2, 0.25) is 0 Å². The molecule has 1 heterocycles. The Labute approximate surface area is 111 Å². The number of nitrogens with one attached hydrogen (secondary N) is 1. The molecule has 0 aliphatic carbocycles. The first kappa shape index (κ1) is 13.3. The molecule has 1 saturated heterocycles. The first-order valence-electron chi connectivity index (χ1n) is 6.12. The molecule has 0 aromatic heterocycles. The predicted octanol–water partition coefficient (Wildman–Crippen LogP) is 0.585. The highest BCUT2D eigenvalue weighted by atomic mass is 16.4. The van der Waals surface area contributed by atoms with E-state index in [1.54, 1.807) is 4.90 Å². The quantitative estimate of drug-likeness (QED) is 0.831. The Balaban J connectivity index is 1.97. The Morgan fingerprint density at radius 3 is 2.84 bits per heavy atom. The van der Waals surface area contributed by atoms with Gasteiger partial charge in [0.2, 0.25) is 5.91 Å². The minimum atomic E-state index is -0.909. The largest absolute Gasteiger partial charge is 0.480 e. The number of hydrogen-bond donors (Lipinski definition) is 2. The van der Waals surface area contributed by atoms with Gasteiger partial charge in [-0.05, 0) is 5.56 Å². The first-order valence-corrected chi connectivity index (χ1v) is 6.12. The van der Waals surface area contributed by atoms with Crippen molar-refractivity contribution in [3.8, 4) is 0 Å². The number of nitrogens with zero attached hydrogens (tertiary/aromatic N) is 1. The molecule has 1 aromatic rings. The highest BCUT2D eigenvalue weighted by Crippen LogP contribution is 2.06. The van der Waals surface area contributed by atoms with E-state index in [1.165, 1.54) is 0 Å². The molecular weight excluding hydrogens is 244 g/mol. The first-order chi connectivity index (χ1) is 9.16. The molecule has 2 rings (SSSR count). The predicted molar refractivity (Wildman–Crippen MR) is 71.5 cm³/mol. The van der Waals surface area contributed by atoms with Crippen LogP contribution in [0.3, 0.4) is 0 Å². The topological polar surface area (TPSA) is 69.6 Å². The van der Waals surface area contributed by atoms with E-state index in [2.05, 4.69) is 5.32 Å². The van der Waals surface area contributed by atoms with Gasteiger partial charge in [0.1, 0.15) is 6.04 Å². The summed E-state index contributed by atoms with van der Waals surface area (Å²) in [5, 5.41) is 11.7. The van der Waals surface area contributed by atoms with E-state index in [0.717, 1.165) is 5.56 Å². The molecule has 19 heavy (non-hydrogen) atoms. The van der Waals surface area contributed by atoms with Gasteiger partial charge in [-0.3, -0.25) is 14.5 Å². The molecule has 0 bridgehead atoms. The SMILES string of the molecule is O=C1CN(C/C=C/c2ccccc2)C(C(=O)O)CN1. The van der Waals surface area contributed by atoms with E-state index in [9.17, 15) is 9.59 Å². The van der Waals surface area contributed by atoms with Crippen LogP contribution in [-0.4, -0.2) is 47.6 Å². The van der Waals surface area contributed by atoms with Crippen LogP contribution in [0, 0.1) is 0 Å². The van der Waals surface area contributed by atoms with E-state index in [0.29, 0.717) is 6.54 Å². The molecule has 100 valence electrons. The lowest BCUT2D eigenvalue weighted by atomic mass is 10.1. The fourth-order valence-corrected chi connectivity index (χ4v) is 2.01. The third kappa shape index (κ3) is 3.66. The molecule has 0 saturated carbocycles. The number of rotatable bonds is 4. The lowest BCUT2D eigenvalue weighted by Gasteiger charge is -2.31. The van der Waals surface area contributed by atoms with Crippen molar-refractivity contribution in [1.29, 1.82) is 0 Å². The summed E-state index contributed by atoms with van der Waals surface area (Å²) < 4.78 is 0. The molecule has 1 fully saturated rings. The Morgan fingerprint density at radius 1 is 1.42 bits per heavy atom. The maximum Gasteiger partial charge on any atom is 0.322 e. The van der Waals surface area contributed by atoms with Crippen LogP contribution in [0.25, 0.3) is 6.08 Å². The lowest BCUT2D eigenvalue weighted by molar-refractivity contribution is -0.145. The minimum absolute atomic E-state index is 0.121. The molecule has 1 aliphatic rings. The summed E-state index contributed by atoms with van der Waals surface area (Å²) in [6.07, 6.45) is 3.80. The molecular formula is C14H16N2O3. The Hall–Kier alpha value is -2.14. The summed E-state index contributed by atoms with van der Waals surface area (Å²) in [6.45, 7) is 0.725. The van der Waals surface area contributed by atoms with Crippen LogP contribution in [-0.2, 0) is 9.59 Å². The zero-order chi connectivity index (χ0) is 13.7. The summed E-state index contributed by atoms with van der Waals surface area (Å²) in [6, 6.07) is 9.09. The maximum atomic E-state index is 11.3. The smallest absolute Gasteiger partial charge is 0.322 e. The van der Waals surface area contributed by atoms with E-state index < -0.39 is 12.0 Å². The number of carboxylic acids is 1. The summed E-state index contributed by atoms with van der Waals surface area (Å²) in [7, 11) is 0. The molecule has 1 unspecified atom stereocenters. The minimum Gasteiger partial charge on any atom is -0.480 e. The van der Waals surface area contributed by atoms with Gasteiger partial charge in [-0.1, -0.05) is 42.5 Å². The molecule has 1 atom stereocenters. The van der Waals surface area contributed by atoms with Gasteiger partial charge in [-0.2, -0.15) is 0 Å². The zero-order valence-corrected chi connectivity index (χ0v) is 10.5. The zero-order valence-electron chi connectivity index (χ0n) is 10.5. The lowest BCUT2D eigenvalue weighted by Crippen LogP contribution is -2.57. The van der Waals surface area contributed by atoms with Crippen molar-refractivity contribution in [2.24, 2.45) is 0 Å². The number of piperazine rings is 1. The van der Waals surface area contributed by atoms with Crippen molar-refractivity contribution in [2.45, 2.75) is 6.04 Å². The Kier molecular flexibility index (Phi) is 4.30. The van der Waals surface area contributed by atoms with Gasteiger partial charge < -0.3 is 10.4 Å². The third-order valence-electron chi connectivity index (χ3n) is 3.01. The number of carboxylic acid groups (broad SMARTS) is 1. The molecule has 2 N–H and O–H groups in total. The molecule has 5 heteroatoms. The highest BCUT2D eigenvalue weighted by molar-refractivity contribution is 5.83. The molecule has 0 spiro atoms. The molecule has 1 aliphatic heterocycles. The van der Waals surface area contributed by atoms with Crippen LogP contribution in [0.1, 0.15) is 5.56 Å². The van der Waals surface area contributed by atoms with Crippen molar-refractivity contribution in [3.05, 3.63) is 42.0 Å². The van der Waals surface area contributed by atoms with E-state index in [4.69, 9.17) is 5.11 Å².